The lowest BCUT2D eigenvalue weighted by Crippen LogP contribution is -2.46. The Bertz CT molecular complexity index is 1390. The van der Waals surface area contributed by atoms with Crippen LogP contribution in [0.3, 0.4) is 0 Å². The molecule has 0 radical (unpaired) electrons. The summed E-state index contributed by atoms with van der Waals surface area (Å²) in [5, 5.41) is 2.67. The Hall–Kier alpha value is -4.33. The number of carbonyl (C=O) groups is 2. The van der Waals surface area contributed by atoms with Gasteiger partial charge in [-0.15, -0.1) is 0 Å². The molecule has 2 aromatic heterocycles. The van der Waals surface area contributed by atoms with Gasteiger partial charge in [0.1, 0.15) is 5.82 Å². The standard InChI is InChI=1S/C24H18FN5O2/c1-30-20-9-5-3-7-16(20)21(15-6-2-4-8-17(15)25)28-22(24(30)32)29-23(31)14-12-19-18(27-13-14)10-11-26-19/h2-13,22,26H,1H3,(H,29,31). The van der Waals surface area contributed by atoms with Crippen LogP contribution in [0.2, 0.25) is 0 Å². The molecule has 0 saturated carbocycles. The molecule has 32 heavy (non-hydrogen) atoms. The van der Waals surface area contributed by atoms with E-state index in [1.54, 1.807) is 67.8 Å². The predicted octanol–water partition coefficient (Wildman–Crippen LogP) is 3.27. The summed E-state index contributed by atoms with van der Waals surface area (Å²) in [6.07, 6.45) is 1.92. The van der Waals surface area contributed by atoms with E-state index in [0.29, 0.717) is 22.5 Å². The van der Waals surface area contributed by atoms with E-state index in [1.807, 2.05) is 0 Å². The van der Waals surface area contributed by atoms with Crippen molar-refractivity contribution in [2.24, 2.45) is 4.99 Å². The lowest BCUT2D eigenvalue weighted by molar-refractivity contribution is -0.119. The van der Waals surface area contributed by atoms with Crippen molar-refractivity contribution in [1.29, 1.82) is 0 Å². The minimum Gasteiger partial charge on any atom is -0.360 e. The smallest absolute Gasteiger partial charge is 0.272 e. The summed E-state index contributed by atoms with van der Waals surface area (Å²) in [5.41, 5.74) is 3.41. The number of benzodiazepines with no additional fused rings is 1. The second-order valence-electron chi connectivity index (χ2n) is 7.38. The maximum Gasteiger partial charge on any atom is 0.272 e. The third kappa shape index (κ3) is 3.31. The topological polar surface area (TPSA) is 90.5 Å². The molecule has 158 valence electrons. The number of para-hydroxylation sites is 1. The van der Waals surface area contributed by atoms with Crippen molar-refractivity contribution in [3.05, 3.63) is 95.6 Å². The van der Waals surface area contributed by atoms with Gasteiger partial charge in [0.2, 0.25) is 6.17 Å². The van der Waals surface area contributed by atoms with Crippen LogP contribution >= 0.6 is 0 Å². The normalized spacial score (nSPS) is 15.8. The van der Waals surface area contributed by atoms with Crippen LogP contribution in [0.25, 0.3) is 11.0 Å². The van der Waals surface area contributed by atoms with Crippen LogP contribution < -0.4 is 10.2 Å². The summed E-state index contributed by atoms with van der Waals surface area (Å²) in [6.45, 7) is 0. The monoisotopic (exact) mass is 427 g/mol. The van der Waals surface area contributed by atoms with Crippen LogP contribution in [0.5, 0.6) is 0 Å². The summed E-state index contributed by atoms with van der Waals surface area (Å²) < 4.78 is 14.7. The first-order chi connectivity index (χ1) is 15.5. The molecule has 1 unspecified atom stereocenters. The van der Waals surface area contributed by atoms with Gasteiger partial charge in [0, 0.05) is 30.6 Å². The number of fused-ring (bicyclic) bond motifs is 2. The molecule has 1 aliphatic heterocycles. The number of hydrogen-bond acceptors (Lipinski definition) is 4. The summed E-state index contributed by atoms with van der Waals surface area (Å²) in [6, 6.07) is 16.8. The lowest BCUT2D eigenvalue weighted by Gasteiger charge is -2.20. The zero-order chi connectivity index (χ0) is 22.2. The summed E-state index contributed by atoms with van der Waals surface area (Å²) >= 11 is 0. The van der Waals surface area contributed by atoms with E-state index >= 15 is 0 Å². The van der Waals surface area contributed by atoms with Crippen LogP contribution in [0.4, 0.5) is 10.1 Å². The van der Waals surface area contributed by atoms with Gasteiger partial charge in [-0.1, -0.05) is 30.3 Å². The number of nitrogens with zero attached hydrogens (tertiary/aromatic N) is 3. The van der Waals surface area contributed by atoms with E-state index in [0.717, 1.165) is 5.52 Å². The molecule has 0 aliphatic carbocycles. The first-order valence-corrected chi connectivity index (χ1v) is 9.96. The number of hydrogen-bond donors (Lipinski definition) is 2. The average molecular weight is 427 g/mol. The number of likely N-dealkylation sites (N-methyl/N-ethyl adjacent to an activating group) is 1. The highest BCUT2D eigenvalue weighted by atomic mass is 19.1. The number of aromatic amines is 1. The fourth-order valence-corrected chi connectivity index (χ4v) is 3.75. The zero-order valence-corrected chi connectivity index (χ0v) is 17.0. The number of pyridine rings is 1. The van der Waals surface area contributed by atoms with Crippen LogP contribution in [0, 0.1) is 5.82 Å². The predicted molar refractivity (Wildman–Crippen MR) is 119 cm³/mol. The molecule has 5 rings (SSSR count). The Morgan fingerprint density at radius 2 is 1.84 bits per heavy atom. The van der Waals surface area contributed by atoms with Gasteiger partial charge in [-0.05, 0) is 30.3 Å². The zero-order valence-electron chi connectivity index (χ0n) is 17.0. The highest BCUT2D eigenvalue weighted by Crippen LogP contribution is 2.28. The summed E-state index contributed by atoms with van der Waals surface area (Å²) in [4.78, 5) is 39.3. The van der Waals surface area contributed by atoms with Gasteiger partial charge in [-0.2, -0.15) is 0 Å². The van der Waals surface area contributed by atoms with Gasteiger partial charge < -0.3 is 15.2 Å². The molecular weight excluding hydrogens is 409 g/mol. The van der Waals surface area contributed by atoms with Crippen molar-refractivity contribution in [2.75, 3.05) is 11.9 Å². The maximum atomic E-state index is 14.7. The van der Waals surface area contributed by atoms with Crippen LogP contribution in [-0.4, -0.2) is 40.7 Å². The molecule has 0 spiro atoms. The molecule has 0 saturated heterocycles. The fourth-order valence-electron chi connectivity index (χ4n) is 3.75. The van der Waals surface area contributed by atoms with Gasteiger partial charge in [0.05, 0.1) is 28.0 Å². The minimum absolute atomic E-state index is 0.247. The van der Waals surface area contributed by atoms with Crippen molar-refractivity contribution in [2.45, 2.75) is 6.17 Å². The molecule has 0 fully saturated rings. The molecule has 2 N–H and O–H groups in total. The van der Waals surface area contributed by atoms with E-state index in [2.05, 4.69) is 20.3 Å². The van der Waals surface area contributed by atoms with Crippen molar-refractivity contribution in [3.8, 4) is 0 Å². The molecule has 2 amide bonds. The molecule has 7 nitrogen and oxygen atoms in total. The molecule has 0 bridgehead atoms. The van der Waals surface area contributed by atoms with Crippen LogP contribution in [0.15, 0.2) is 78.0 Å². The molecule has 1 atom stereocenters. The van der Waals surface area contributed by atoms with Gasteiger partial charge in [-0.3, -0.25) is 14.6 Å². The Kier molecular flexibility index (Phi) is 4.74. The lowest BCUT2D eigenvalue weighted by atomic mass is 10.00. The molecule has 4 aromatic rings. The Morgan fingerprint density at radius 3 is 2.66 bits per heavy atom. The number of halogens is 1. The Balaban J connectivity index is 1.58. The molecule has 3 heterocycles. The summed E-state index contributed by atoms with van der Waals surface area (Å²) in [5.74, 6) is -1.42. The van der Waals surface area contributed by atoms with Gasteiger partial charge in [0.25, 0.3) is 11.8 Å². The number of nitrogens with one attached hydrogen (secondary N) is 2. The van der Waals surface area contributed by atoms with E-state index in [4.69, 9.17) is 0 Å². The van der Waals surface area contributed by atoms with Gasteiger partial charge >= 0.3 is 0 Å². The summed E-state index contributed by atoms with van der Waals surface area (Å²) in [7, 11) is 1.60. The highest BCUT2D eigenvalue weighted by molar-refractivity contribution is 6.20. The van der Waals surface area contributed by atoms with Crippen LogP contribution in [0.1, 0.15) is 21.5 Å². The third-order valence-corrected chi connectivity index (χ3v) is 5.40. The molecule has 2 aromatic carbocycles. The van der Waals surface area contributed by atoms with Crippen LogP contribution in [-0.2, 0) is 4.79 Å². The fraction of sp³-hybridized carbons (Fsp3) is 0.0833. The Morgan fingerprint density at radius 1 is 1.09 bits per heavy atom. The van der Waals surface area contributed by atoms with Gasteiger partial charge in [0.15, 0.2) is 0 Å². The van der Waals surface area contributed by atoms with Gasteiger partial charge in [-0.25, -0.2) is 9.38 Å². The third-order valence-electron chi connectivity index (χ3n) is 5.40. The SMILES string of the molecule is CN1C(=O)C(NC(=O)c2cnc3cc[nH]c3c2)N=C(c2ccccc2F)c2ccccc21. The second-order valence-corrected chi connectivity index (χ2v) is 7.38. The second kappa shape index (κ2) is 7.73. The number of anilines is 1. The van der Waals surface area contributed by atoms with Crippen molar-refractivity contribution < 1.29 is 14.0 Å². The van der Waals surface area contributed by atoms with Crippen molar-refractivity contribution in [1.82, 2.24) is 15.3 Å². The van der Waals surface area contributed by atoms with E-state index in [9.17, 15) is 14.0 Å². The van der Waals surface area contributed by atoms with E-state index in [1.165, 1.54) is 17.2 Å². The number of carbonyl (C=O) groups excluding carboxylic acids is 2. The number of amides is 2. The minimum atomic E-state index is -1.24. The van der Waals surface area contributed by atoms with E-state index < -0.39 is 23.8 Å². The number of aromatic nitrogens is 2. The first-order valence-electron chi connectivity index (χ1n) is 9.96. The first kappa shape index (κ1) is 19.6. The quantitative estimate of drug-likeness (QED) is 0.526. The number of rotatable bonds is 3. The number of benzene rings is 2. The largest absolute Gasteiger partial charge is 0.360 e. The number of aliphatic imine (C=N–C) groups is 1. The van der Waals surface area contributed by atoms with Crippen molar-refractivity contribution in [3.63, 3.8) is 0 Å². The molecule has 8 heteroatoms. The Labute approximate surface area is 182 Å². The average Bonchev–Trinajstić information content (AvgIpc) is 3.26. The number of H-pyrrole nitrogens is 1. The molecule has 1 aliphatic rings. The van der Waals surface area contributed by atoms with E-state index in [-0.39, 0.29) is 11.1 Å². The highest BCUT2D eigenvalue weighted by Gasteiger charge is 2.31. The van der Waals surface area contributed by atoms with Crippen molar-refractivity contribution >= 4 is 34.2 Å². The molecular formula is C24H18FN5O2. The maximum absolute atomic E-state index is 14.7.